The third-order valence-corrected chi connectivity index (χ3v) is 5.57. The van der Waals surface area contributed by atoms with Crippen molar-refractivity contribution in [1.29, 1.82) is 0 Å². The Kier molecular flexibility index (Phi) is 6.91. The van der Waals surface area contributed by atoms with E-state index in [4.69, 9.17) is 4.74 Å². The van der Waals surface area contributed by atoms with Crippen molar-refractivity contribution in [2.45, 2.75) is 13.5 Å². The second kappa shape index (κ2) is 10.2. The molecule has 0 aliphatic carbocycles. The molecule has 0 saturated heterocycles. The minimum Gasteiger partial charge on any atom is -0.493 e. The Hall–Kier alpha value is -4.46. The Balaban J connectivity index is 1.62. The molecule has 0 radical (unpaired) electrons. The smallest absolute Gasteiger partial charge is 0.254 e. The van der Waals surface area contributed by atoms with Crippen LogP contribution in [0, 0.1) is 5.82 Å². The lowest BCUT2D eigenvalue weighted by Crippen LogP contribution is -2.26. The van der Waals surface area contributed by atoms with Crippen LogP contribution in [-0.4, -0.2) is 40.6 Å². The number of anilines is 1. The first-order chi connectivity index (χ1) is 16.9. The number of carbonyl (C=O) groups excluding carboxylic acids is 2. The van der Waals surface area contributed by atoms with Crippen LogP contribution in [0.25, 0.3) is 22.0 Å². The van der Waals surface area contributed by atoms with Gasteiger partial charge in [0.15, 0.2) is 0 Å². The molecular weight excluding hydrogens is 447 g/mol. The molecule has 2 N–H and O–H groups in total. The molecule has 0 aliphatic heterocycles. The molecule has 0 aliphatic rings. The SMILES string of the molecule is C=CC(=O)Nc1cc(-c2ccc(C(=O)N(C)Cc3cccc4cn[nH]c34)cc2OCC)ccc1F. The predicted molar refractivity (Wildman–Crippen MR) is 134 cm³/mol. The van der Waals surface area contributed by atoms with Crippen molar-refractivity contribution in [3.8, 4) is 16.9 Å². The van der Waals surface area contributed by atoms with Crippen LogP contribution in [0.3, 0.4) is 0 Å². The second-order valence-electron chi connectivity index (χ2n) is 7.94. The summed E-state index contributed by atoms with van der Waals surface area (Å²) < 4.78 is 20.0. The highest BCUT2D eigenvalue weighted by Crippen LogP contribution is 2.34. The summed E-state index contributed by atoms with van der Waals surface area (Å²) in [6.07, 6.45) is 2.82. The van der Waals surface area contributed by atoms with E-state index >= 15 is 0 Å². The van der Waals surface area contributed by atoms with Crippen LogP contribution in [0.4, 0.5) is 10.1 Å². The zero-order valence-corrected chi connectivity index (χ0v) is 19.5. The van der Waals surface area contributed by atoms with Gasteiger partial charge in [0.25, 0.3) is 5.91 Å². The summed E-state index contributed by atoms with van der Waals surface area (Å²) in [5.74, 6) is -0.773. The fraction of sp³-hybridized carbons (Fsp3) is 0.148. The number of H-pyrrole nitrogens is 1. The Morgan fingerprint density at radius 3 is 2.80 bits per heavy atom. The normalized spacial score (nSPS) is 10.7. The summed E-state index contributed by atoms with van der Waals surface area (Å²) in [6.45, 7) is 6.01. The first kappa shape index (κ1) is 23.7. The lowest BCUT2D eigenvalue weighted by atomic mass is 10.0. The zero-order valence-electron chi connectivity index (χ0n) is 19.5. The number of nitrogens with zero attached hydrogens (tertiary/aromatic N) is 2. The van der Waals surface area contributed by atoms with Gasteiger partial charge < -0.3 is 15.0 Å². The molecule has 4 aromatic rings. The van der Waals surface area contributed by atoms with Gasteiger partial charge in [-0.3, -0.25) is 14.7 Å². The van der Waals surface area contributed by atoms with Crippen LogP contribution in [0.15, 0.2) is 73.4 Å². The molecule has 2 amide bonds. The summed E-state index contributed by atoms with van der Waals surface area (Å²) >= 11 is 0. The van der Waals surface area contributed by atoms with Crippen LogP contribution in [0.1, 0.15) is 22.8 Å². The Bertz CT molecular complexity index is 1410. The molecule has 0 atom stereocenters. The van der Waals surface area contributed by atoms with E-state index in [1.54, 1.807) is 42.4 Å². The number of ether oxygens (including phenoxy) is 1. The number of aromatic amines is 1. The number of carbonyl (C=O) groups is 2. The molecule has 178 valence electrons. The molecule has 1 aromatic heterocycles. The van der Waals surface area contributed by atoms with Crippen molar-refractivity contribution >= 4 is 28.4 Å². The first-order valence-electron chi connectivity index (χ1n) is 11.1. The lowest BCUT2D eigenvalue weighted by molar-refractivity contribution is -0.111. The molecule has 0 spiro atoms. The highest BCUT2D eigenvalue weighted by Gasteiger charge is 2.18. The summed E-state index contributed by atoms with van der Waals surface area (Å²) in [7, 11) is 1.74. The van der Waals surface area contributed by atoms with Crippen molar-refractivity contribution in [2.75, 3.05) is 19.0 Å². The Morgan fingerprint density at radius 2 is 2.03 bits per heavy atom. The van der Waals surface area contributed by atoms with Gasteiger partial charge in [-0.25, -0.2) is 4.39 Å². The number of halogens is 1. The second-order valence-corrected chi connectivity index (χ2v) is 7.94. The molecule has 1 heterocycles. The van der Waals surface area contributed by atoms with Gasteiger partial charge in [0.2, 0.25) is 5.91 Å². The fourth-order valence-electron chi connectivity index (χ4n) is 3.85. The van der Waals surface area contributed by atoms with E-state index in [0.717, 1.165) is 22.5 Å². The summed E-state index contributed by atoms with van der Waals surface area (Å²) in [5, 5.41) is 10.5. The maximum absolute atomic E-state index is 14.2. The van der Waals surface area contributed by atoms with Crippen LogP contribution in [-0.2, 0) is 11.3 Å². The Morgan fingerprint density at radius 1 is 1.20 bits per heavy atom. The third-order valence-electron chi connectivity index (χ3n) is 5.57. The predicted octanol–water partition coefficient (Wildman–Crippen LogP) is 5.16. The van der Waals surface area contributed by atoms with Crippen molar-refractivity contribution in [2.24, 2.45) is 0 Å². The van der Waals surface area contributed by atoms with E-state index in [1.807, 2.05) is 25.1 Å². The first-order valence-corrected chi connectivity index (χ1v) is 11.1. The molecule has 3 aromatic carbocycles. The molecule has 0 saturated carbocycles. The molecule has 7 nitrogen and oxygen atoms in total. The number of fused-ring (bicyclic) bond motifs is 1. The average molecular weight is 473 g/mol. The monoisotopic (exact) mass is 472 g/mol. The van der Waals surface area contributed by atoms with Crippen LogP contribution in [0.5, 0.6) is 5.75 Å². The zero-order chi connectivity index (χ0) is 24.9. The van der Waals surface area contributed by atoms with Crippen molar-refractivity contribution in [3.63, 3.8) is 0 Å². The maximum Gasteiger partial charge on any atom is 0.254 e. The van der Waals surface area contributed by atoms with Gasteiger partial charge in [-0.05, 0) is 54.5 Å². The number of hydrogen-bond donors (Lipinski definition) is 2. The summed E-state index contributed by atoms with van der Waals surface area (Å²) in [6, 6.07) is 15.4. The van der Waals surface area contributed by atoms with Gasteiger partial charge in [-0.1, -0.05) is 30.8 Å². The van der Waals surface area contributed by atoms with Crippen LogP contribution >= 0.6 is 0 Å². The molecule has 0 fully saturated rings. The minimum atomic E-state index is -0.567. The molecule has 0 unspecified atom stereocenters. The number of nitrogens with one attached hydrogen (secondary N) is 2. The number of rotatable bonds is 8. The van der Waals surface area contributed by atoms with Gasteiger partial charge in [0, 0.05) is 30.1 Å². The van der Waals surface area contributed by atoms with Gasteiger partial charge in [0.1, 0.15) is 11.6 Å². The number of aromatic nitrogens is 2. The molecule has 8 heteroatoms. The van der Waals surface area contributed by atoms with Crippen LogP contribution in [0.2, 0.25) is 0 Å². The van der Waals surface area contributed by atoms with Crippen molar-refractivity contribution in [3.05, 3.63) is 90.4 Å². The molecule has 4 rings (SSSR count). The van der Waals surface area contributed by atoms with E-state index in [-0.39, 0.29) is 11.6 Å². The topological polar surface area (TPSA) is 87.3 Å². The van der Waals surface area contributed by atoms with E-state index in [2.05, 4.69) is 22.1 Å². The molecule has 35 heavy (non-hydrogen) atoms. The van der Waals surface area contributed by atoms with Crippen molar-refractivity contribution < 1.29 is 18.7 Å². The highest BCUT2D eigenvalue weighted by molar-refractivity contribution is 5.99. The average Bonchev–Trinajstić information content (AvgIpc) is 3.35. The van der Waals surface area contributed by atoms with Crippen LogP contribution < -0.4 is 10.1 Å². The molecular formula is C27H25FN4O3. The maximum atomic E-state index is 14.2. The lowest BCUT2D eigenvalue weighted by Gasteiger charge is -2.19. The highest BCUT2D eigenvalue weighted by atomic mass is 19.1. The van der Waals surface area contributed by atoms with Crippen molar-refractivity contribution in [1.82, 2.24) is 15.1 Å². The van der Waals surface area contributed by atoms with Gasteiger partial charge in [-0.15, -0.1) is 0 Å². The van der Waals surface area contributed by atoms with E-state index in [1.165, 1.54) is 12.1 Å². The fourth-order valence-corrected chi connectivity index (χ4v) is 3.85. The standard InChI is InChI=1S/C27H25FN4O3/c1-4-25(33)30-23-13-17(10-12-22(23)28)21-11-9-18(14-24(21)35-5-2)27(34)32(3)16-20-8-6-7-19-15-29-31-26(19)20/h4,6-15H,1,5,16H2,2-3H3,(H,29,31)(H,30,33). The van der Waals surface area contributed by atoms with E-state index < -0.39 is 11.7 Å². The van der Waals surface area contributed by atoms with E-state index in [9.17, 15) is 14.0 Å². The summed E-state index contributed by atoms with van der Waals surface area (Å²) in [4.78, 5) is 26.5. The minimum absolute atomic E-state index is 0.0303. The quantitative estimate of drug-likeness (QED) is 0.347. The van der Waals surface area contributed by atoms with Gasteiger partial charge >= 0.3 is 0 Å². The Labute approximate surface area is 202 Å². The van der Waals surface area contributed by atoms with Gasteiger partial charge in [0.05, 0.1) is 24.0 Å². The number of benzene rings is 3. The van der Waals surface area contributed by atoms with Gasteiger partial charge in [-0.2, -0.15) is 5.10 Å². The van der Waals surface area contributed by atoms with E-state index in [0.29, 0.717) is 35.6 Å². The number of para-hydroxylation sites is 1. The summed E-state index contributed by atoms with van der Waals surface area (Å²) in [5.41, 5.74) is 3.64. The number of hydrogen-bond acceptors (Lipinski definition) is 4. The molecule has 0 bridgehead atoms. The third kappa shape index (κ3) is 5.06. The largest absolute Gasteiger partial charge is 0.493 e. The number of amides is 2.